The average Bonchev–Trinajstić information content (AvgIpc) is 3.03. The molecule has 6 rings (SSSR count). The van der Waals surface area contributed by atoms with E-state index in [1.54, 1.807) is 0 Å². The van der Waals surface area contributed by atoms with Crippen molar-refractivity contribution in [3.8, 4) is 0 Å². The smallest absolute Gasteiger partial charge is 0.0456 e. The predicted molar refractivity (Wildman–Crippen MR) is 177 cm³/mol. The summed E-state index contributed by atoms with van der Waals surface area (Å²) in [5.74, 6) is 0. The number of aryl methyl sites for hydroxylation is 1. The van der Waals surface area contributed by atoms with Crippen LogP contribution in [0.25, 0.3) is 28.0 Å². The lowest BCUT2D eigenvalue weighted by molar-refractivity contribution is 1.27. The molecule has 0 bridgehead atoms. The van der Waals surface area contributed by atoms with E-state index in [9.17, 15) is 0 Å². The van der Waals surface area contributed by atoms with Gasteiger partial charge in [0, 0.05) is 23.1 Å². The van der Waals surface area contributed by atoms with Crippen LogP contribution in [0.2, 0.25) is 0 Å². The Morgan fingerprint density at radius 2 is 1.05 bits per heavy atom. The summed E-state index contributed by atoms with van der Waals surface area (Å²) < 4.78 is 0. The van der Waals surface area contributed by atoms with Crippen LogP contribution in [0.15, 0.2) is 158 Å². The minimum absolute atomic E-state index is 1.11. The number of rotatable bonds is 7. The van der Waals surface area contributed by atoms with Gasteiger partial charge in [0.1, 0.15) is 0 Å². The van der Waals surface area contributed by atoms with Crippen molar-refractivity contribution >= 4 is 39.4 Å². The van der Waals surface area contributed by atoms with E-state index in [0.717, 1.165) is 11.4 Å². The second-order valence-corrected chi connectivity index (χ2v) is 10.4. The van der Waals surface area contributed by atoms with E-state index >= 15 is 0 Å². The van der Waals surface area contributed by atoms with E-state index < -0.39 is 0 Å². The second-order valence-electron chi connectivity index (χ2n) is 10.4. The molecule has 0 heterocycles. The summed E-state index contributed by atoms with van der Waals surface area (Å²) in [6.07, 6.45) is 4.56. The molecule has 0 aromatic heterocycles. The summed E-state index contributed by atoms with van der Waals surface area (Å²) >= 11 is 0. The second kappa shape index (κ2) is 11.9. The Hall–Kier alpha value is -5.14. The van der Waals surface area contributed by atoms with Gasteiger partial charge in [-0.15, -0.1) is 0 Å². The van der Waals surface area contributed by atoms with E-state index in [0.29, 0.717) is 0 Å². The number of fused-ring (bicyclic) bond motifs is 1. The summed E-state index contributed by atoms with van der Waals surface area (Å²) in [5.41, 5.74) is 10.7. The molecule has 0 radical (unpaired) electrons. The molecule has 0 aliphatic heterocycles. The molecule has 6 aromatic rings. The summed E-state index contributed by atoms with van der Waals surface area (Å²) in [6.45, 7) is 4.32. The van der Waals surface area contributed by atoms with E-state index in [-0.39, 0.29) is 0 Å². The van der Waals surface area contributed by atoms with Gasteiger partial charge in [0.2, 0.25) is 0 Å². The first-order valence-corrected chi connectivity index (χ1v) is 14.1. The molecule has 1 nitrogen and oxygen atoms in total. The third-order valence-electron chi connectivity index (χ3n) is 7.54. The monoisotopic (exact) mass is 527 g/mol. The van der Waals surface area contributed by atoms with Gasteiger partial charge >= 0.3 is 0 Å². The number of benzene rings is 6. The quantitative estimate of drug-likeness (QED) is 0.187. The third kappa shape index (κ3) is 5.90. The number of nitrogens with zero attached hydrogens (tertiary/aromatic N) is 1. The largest absolute Gasteiger partial charge is 0.317 e. The molecular weight excluding hydrogens is 494 g/mol. The van der Waals surface area contributed by atoms with Gasteiger partial charge in [-0.05, 0) is 76.7 Å². The molecule has 41 heavy (non-hydrogen) atoms. The molecule has 1 heteroatoms. The van der Waals surface area contributed by atoms with E-state index in [4.69, 9.17) is 0 Å². The molecule has 6 aromatic carbocycles. The lowest BCUT2D eigenvalue weighted by atomic mass is 9.98. The SMILES string of the molecule is C/C(=C/c1cccc2ccccc12)c1ccc(N(C=C(c2ccccc2)c2ccccc2)c2ccc(C)cc2)cc1. The van der Waals surface area contributed by atoms with Gasteiger partial charge in [-0.1, -0.05) is 139 Å². The van der Waals surface area contributed by atoms with E-state index in [2.05, 4.69) is 183 Å². The normalized spacial score (nSPS) is 11.3. The van der Waals surface area contributed by atoms with Gasteiger partial charge in [0.15, 0.2) is 0 Å². The molecular formula is C40H33N. The maximum absolute atomic E-state index is 2.29. The third-order valence-corrected chi connectivity index (χ3v) is 7.54. The Balaban J connectivity index is 1.41. The highest BCUT2D eigenvalue weighted by Crippen LogP contribution is 2.33. The number of anilines is 2. The standard InChI is InChI=1S/C40H33N/c1-30-20-24-37(25-21-30)41(29-40(34-12-5-3-6-13-34)35-14-7-4-8-15-35)38-26-22-32(23-27-38)31(2)28-36-18-11-17-33-16-9-10-19-39(33)36/h3-29H,1-2H3/b31-28-. The molecule has 0 saturated heterocycles. The van der Waals surface area contributed by atoms with E-state index in [1.807, 2.05) is 0 Å². The van der Waals surface area contributed by atoms with Crippen LogP contribution in [-0.2, 0) is 0 Å². The highest BCUT2D eigenvalue weighted by atomic mass is 15.1. The fourth-order valence-corrected chi connectivity index (χ4v) is 5.26. The van der Waals surface area contributed by atoms with Crippen LogP contribution in [-0.4, -0.2) is 0 Å². The Morgan fingerprint density at radius 1 is 0.512 bits per heavy atom. The topological polar surface area (TPSA) is 3.24 Å². The van der Waals surface area contributed by atoms with Gasteiger partial charge in [-0.3, -0.25) is 0 Å². The zero-order valence-corrected chi connectivity index (χ0v) is 23.5. The van der Waals surface area contributed by atoms with Gasteiger partial charge in [0.25, 0.3) is 0 Å². The number of hydrogen-bond acceptors (Lipinski definition) is 1. The van der Waals surface area contributed by atoms with Crippen molar-refractivity contribution in [2.24, 2.45) is 0 Å². The molecule has 198 valence electrons. The van der Waals surface area contributed by atoms with Gasteiger partial charge in [0.05, 0.1) is 0 Å². The lowest BCUT2D eigenvalue weighted by Crippen LogP contribution is -2.10. The van der Waals surface area contributed by atoms with Crippen LogP contribution in [0.4, 0.5) is 11.4 Å². The molecule has 0 aliphatic rings. The highest BCUT2D eigenvalue weighted by molar-refractivity contribution is 5.95. The first-order chi connectivity index (χ1) is 20.2. The first kappa shape index (κ1) is 26.1. The number of allylic oxidation sites excluding steroid dienone is 1. The highest BCUT2D eigenvalue weighted by Gasteiger charge is 2.12. The van der Waals surface area contributed by atoms with Gasteiger partial charge in [-0.2, -0.15) is 0 Å². The molecule has 0 saturated carbocycles. The average molecular weight is 528 g/mol. The summed E-state index contributed by atoms with van der Waals surface area (Å²) in [7, 11) is 0. The Kier molecular flexibility index (Phi) is 7.60. The molecule has 0 aliphatic carbocycles. The van der Waals surface area contributed by atoms with E-state index in [1.165, 1.54) is 49.7 Å². The lowest BCUT2D eigenvalue weighted by Gasteiger charge is -2.24. The molecule has 0 unspecified atom stereocenters. The Labute approximate surface area is 243 Å². The van der Waals surface area contributed by atoms with Crippen LogP contribution in [0.1, 0.15) is 34.7 Å². The Morgan fingerprint density at radius 3 is 1.68 bits per heavy atom. The minimum atomic E-state index is 1.11. The summed E-state index contributed by atoms with van der Waals surface area (Å²) in [5, 5.41) is 2.54. The first-order valence-electron chi connectivity index (χ1n) is 14.1. The van der Waals surface area contributed by atoms with Crippen molar-refractivity contribution in [2.75, 3.05) is 4.90 Å². The van der Waals surface area contributed by atoms with Crippen LogP contribution in [0, 0.1) is 6.92 Å². The van der Waals surface area contributed by atoms with Crippen molar-refractivity contribution in [1.82, 2.24) is 0 Å². The maximum atomic E-state index is 2.29. The molecule has 0 atom stereocenters. The fourth-order valence-electron chi connectivity index (χ4n) is 5.26. The van der Waals surface area contributed by atoms with Crippen LogP contribution >= 0.6 is 0 Å². The van der Waals surface area contributed by atoms with Crippen LogP contribution < -0.4 is 4.90 Å². The van der Waals surface area contributed by atoms with Gasteiger partial charge in [-0.25, -0.2) is 0 Å². The molecule has 0 fully saturated rings. The molecule has 0 N–H and O–H groups in total. The van der Waals surface area contributed by atoms with Crippen LogP contribution in [0.5, 0.6) is 0 Å². The zero-order valence-electron chi connectivity index (χ0n) is 23.5. The maximum Gasteiger partial charge on any atom is 0.0456 e. The minimum Gasteiger partial charge on any atom is -0.317 e. The van der Waals surface area contributed by atoms with Crippen molar-refractivity contribution in [3.05, 3.63) is 186 Å². The van der Waals surface area contributed by atoms with Crippen molar-refractivity contribution < 1.29 is 0 Å². The summed E-state index contributed by atoms with van der Waals surface area (Å²) in [4.78, 5) is 2.29. The zero-order chi connectivity index (χ0) is 28.0. The Bertz CT molecular complexity index is 1760. The van der Waals surface area contributed by atoms with Gasteiger partial charge < -0.3 is 4.90 Å². The molecule has 0 spiro atoms. The molecule has 0 amide bonds. The fraction of sp³-hybridized carbons (Fsp3) is 0.0500. The number of hydrogen-bond donors (Lipinski definition) is 0. The van der Waals surface area contributed by atoms with Crippen molar-refractivity contribution in [1.29, 1.82) is 0 Å². The van der Waals surface area contributed by atoms with Crippen LogP contribution in [0.3, 0.4) is 0 Å². The van der Waals surface area contributed by atoms with Crippen molar-refractivity contribution in [2.45, 2.75) is 13.8 Å². The summed E-state index contributed by atoms with van der Waals surface area (Å²) in [6, 6.07) is 53.9. The van der Waals surface area contributed by atoms with Crippen molar-refractivity contribution in [3.63, 3.8) is 0 Å². The predicted octanol–water partition coefficient (Wildman–Crippen LogP) is 10.9.